The zero-order chi connectivity index (χ0) is 14.7. The van der Waals surface area contributed by atoms with Crippen LogP contribution < -0.4 is 10.6 Å². The molecule has 0 radical (unpaired) electrons. The van der Waals surface area contributed by atoms with Gasteiger partial charge in [-0.25, -0.2) is 0 Å². The molecule has 1 heterocycles. The smallest absolute Gasteiger partial charge is 0.0372 e. The Balaban J connectivity index is 1.71. The van der Waals surface area contributed by atoms with Crippen LogP contribution in [0, 0.1) is 16.4 Å². The minimum absolute atomic E-state index is 0.646. The number of piperidine rings is 1. The van der Waals surface area contributed by atoms with Gasteiger partial charge in [-0.1, -0.05) is 19.3 Å². The van der Waals surface area contributed by atoms with E-state index in [1.165, 1.54) is 66.3 Å². The molecule has 0 amide bonds. The molecule has 2 N–H and O–H groups in total. The highest BCUT2D eigenvalue weighted by atomic mass is 127. The van der Waals surface area contributed by atoms with E-state index in [1.54, 1.807) is 0 Å². The van der Waals surface area contributed by atoms with Crippen molar-refractivity contribution in [3.8, 4) is 0 Å². The van der Waals surface area contributed by atoms with Gasteiger partial charge in [0.15, 0.2) is 0 Å². The lowest BCUT2D eigenvalue weighted by atomic mass is 9.77. The molecule has 3 heteroatoms. The van der Waals surface area contributed by atoms with Crippen LogP contribution in [0.5, 0.6) is 0 Å². The van der Waals surface area contributed by atoms with Crippen LogP contribution in [-0.4, -0.2) is 18.6 Å². The Kier molecular flexibility index (Phi) is 5.43. The summed E-state index contributed by atoms with van der Waals surface area (Å²) in [6, 6.07) is 8.14. The fraction of sp³-hybridized carbons (Fsp3) is 0.667. The van der Waals surface area contributed by atoms with E-state index < -0.39 is 0 Å². The zero-order valence-electron chi connectivity index (χ0n) is 13.0. The maximum Gasteiger partial charge on any atom is 0.0372 e. The number of benzene rings is 1. The van der Waals surface area contributed by atoms with E-state index in [0.717, 1.165) is 12.0 Å². The molecular weight excluding hydrogens is 371 g/mol. The minimum atomic E-state index is 0.646. The molecule has 116 valence electrons. The van der Waals surface area contributed by atoms with Crippen molar-refractivity contribution in [2.24, 2.45) is 5.92 Å². The Labute approximate surface area is 142 Å². The summed E-state index contributed by atoms with van der Waals surface area (Å²) in [7, 11) is 0. The molecule has 0 aromatic heterocycles. The lowest BCUT2D eigenvalue weighted by Crippen LogP contribution is -2.48. The molecule has 2 fully saturated rings. The van der Waals surface area contributed by atoms with Gasteiger partial charge in [-0.05, 0) is 91.4 Å². The van der Waals surface area contributed by atoms with Crippen molar-refractivity contribution >= 4 is 28.3 Å². The van der Waals surface area contributed by atoms with E-state index in [2.05, 4.69) is 58.3 Å². The highest BCUT2D eigenvalue weighted by Crippen LogP contribution is 2.33. The van der Waals surface area contributed by atoms with Crippen molar-refractivity contribution in [2.75, 3.05) is 11.9 Å². The minimum Gasteiger partial charge on any atom is -0.382 e. The average Bonchev–Trinajstić information content (AvgIpc) is 2.51. The molecule has 1 aromatic rings. The zero-order valence-corrected chi connectivity index (χ0v) is 15.2. The number of nitrogens with one attached hydrogen (secondary N) is 2. The van der Waals surface area contributed by atoms with Crippen LogP contribution in [0.3, 0.4) is 0 Å². The third-order valence-corrected chi connectivity index (χ3v) is 5.89. The number of halogens is 1. The molecule has 1 saturated carbocycles. The number of rotatable bonds is 3. The molecule has 0 spiro atoms. The van der Waals surface area contributed by atoms with Crippen molar-refractivity contribution in [1.29, 1.82) is 0 Å². The van der Waals surface area contributed by atoms with Gasteiger partial charge in [-0.3, -0.25) is 0 Å². The molecule has 3 unspecified atom stereocenters. The summed E-state index contributed by atoms with van der Waals surface area (Å²) in [5, 5.41) is 7.67. The summed E-state index contributed by atoms with van der Waals surface area (Å²) in [6.45, 7) is 3.44. The molecule has 2 aliphatic rings. The largest absolute Gasteiger partial charge is 0.382 e. The molecule has 2 nitrogen and oxygen atoms in total. The number of hydrogen-bond acceptors (Lipinski definition) is 2. The highest BCUT2D eigenvalue weighted by molar-refractivity contribution is 14.1. The Morgan fingerprint density at radius 1 is 1.10 bits per heavy atom. The van der Waals surface area contributed by atoms with E-state index in [9.17, 15) is 0 Å². The van der Waals surface area contributed by atoms with Crippen LogP contribution in [0.1, 0.15) is 50.5 Å². The number of anilines is 1. The van der Waals surface area contributed by atoms with Crippen LogP contribution in [-0.2, 0) is 0 Å². The first kappa shape index (κ1) is 15.6. The van der Waals surface area contributed by atoms with Gasteiger partial charge in [-0.2, -0.15) is 0 Å². The molecule has 0 bridgehead atoms. The van der Waals surface area contributed by atoms with Gasteiger partial charge in [0.2, 0.25) is 0 Å². The second kappa shape index (κ2) is 7.32. The number of hydrogen-bond donors (Lipinski definition) is 2. The number of aryl methyl sites for hydroxylation is 1. The Morgan fingerprint density at radius 2 is 1.90 bits per heavy atom. The van der Waals surface area contributed by atoms with E-state index >= 15 is 0 Å². The standard InChI is InChI=1S/C18H27IN2/c1-13-12-14(19)9-10-16(13)21-18-8-3-2-6-15(18)17-7-4-5-11-20-17/h9-10,12,15,17-18,20-21H,2-8,11H2,1H3. The molecule has 1 aliphatic heterocycles. The first-order valence-electron chi connectivity index (χ1n) is 8.50. The van der Waals surface area contributed by atoms with E-state index in [0.29, 0.717) is 6.04 Å². The molecule has 21 heavy (non-hydrogen) atoms. The van der Waals surface area contributed by atoms with Gasteiger partial charge in [0.25, 0.3) is 0 Å². The molecule has 1 aliphatic carbocycles. The Bertz CT molecular complexity index is 468. The predicted molar refractivity (Wildman–Crippen MR) is 98.9 cm³/mol. The SMILES string of the molecule is Cc1cc(I)ccc1NC1CCCCC1C1CCCCN1. The van der Waals surface area contributed by atoms with Crippen molar-refractivity contribution < 1.29 is 0 Å². The van der Waals surface area contributed by atoms with Crippen LogP contribution in [0.15, 0.2) is 18.2 Å². The molecule has 3 rings (SSSR count). The Morgan fingerprint density at radius 3 is 2.67 bits per heavy atom. The maximum absolute atomic E-state index is 3.88. The summed E-state index contributed by atoms with van der Waals surface area (Å²) in [4.78, 5) is 0. The summed E-state index contributed by atoms with van der Waals surface area (Å²) >= 11 is 2.39. The molecule has 3 atom stereocenters. The highest BCUT2D eigenvalue weighted by Gasteiger charge is 2.32. The van der Waals surface area contributed by atoms with Gasteiger partial charge in [0, 0.05) is 21.3 Å². The Hall–Kier alpha value is -0.290. The second-order valence-electron chi connectivity index (χ2n) is 6.71. The quantitative estimate of drug-likeness (QED) is 0.721. The van der Waals surface area contributed by atoms with Crippen LogP contribution >= 0.6 is 22.6 Å². The van der Waals surface area contributed by atoms with E-state index in [4.69, 9.17) is 0 Å². The molecule has 1 saturated heterocycles. The van der Waals surface area contributed by atoms with Crippen LogP contribution in [0.25, 0.3) is 0 Å². The fourth-order valence-corrected chi connectivity index (χ4v) is 4.70. The maximum atomic E-state index is 3.88. The van der Waals surface area contributed by atoms with Crippen molar-refractivity contribution in [3.05, 3.63) is 27.3 Å². The first-order valence-corrected chi connectivity index (χ1v) is 9.58. The van der Waals surface area contributed by atoms with Gasteiger partial charge in [0.05, 0.1) is 0 Å². The summed E-state index contributed by atoms with van der Waals surface area (Å²) in [5.74, 6) is 0.803. The van der Waals surface area contributed by atoms with Crippen molar-refractivity contribution in [1.82, 2.24) is 5.32 Å². The third-order valence-electron chi connectivity index (χ3n) is 5.21. The lowest BCUT2D eigenvalue weighted by Gasteiger charge is -2.40. The predicted octanol–water partition coefficient (Wildman–Crippen LogP) is 4.71. The third kappa shape index (κ3) is 3.92. The summed E-state index contributed by atoms with van der Waals surface area (Å²) < 4.78 is 1.32. The van der Waals surface area contributed by atoms with Gasteiger partial charge in [-0.15, -0.1) is 0 Å². The van der Waals surface area contributed by atoms with E-state index in [1.807, 2.05) is 0 Å². The molecular formula is C18H27IN2. The van der Waals surface area contributed by atoms with Crippen molar-refractivity contribution in [2.45, 2.75) is 64.0 Å². The normalized spacial score (nSPS) is 30.1. The van der Waals surface area contributed by atoms with Crippen molar-refractivity contribution in [3.63, 3.8) is 0 Å². The van der Waals surface area contributed by atoms with Gasteiger partial charge in [0.1, 0.15) is 0 Å². The summed E-state index contributed by atoms with van der Waals surface area (Å²) in [5.41, 5.74) is 2.71. The monoisotopic (exact) mass is 398 g/mol. The lowest BCUT2D eigenvalue weighted by molar-refractivity contribution is 0.217. The van der Waals surface area contributed by atoms with Gasteiger partial charge < -0.3 is 10.6 Å². The van der Waals surface area contributed by atoms with Gasteiger partial charge >= 0.3 is 0 Å². The van der Waals surface area contributed by atoms with Crippen LogP contribution in [0.2, 0.25) is 0 Å². The molecule has 1 aromatic carbocycles. The fourth-order valence-electron chi connectivity index (χ4n) is 4.05. The first-order chi connectivity index (χ1) is 10.2. The average molecular weight is 398 g/mol. The topological polar surface area (TPSA) is 24.1 Å². The van der Waals surface area contributed by atoms with E-state index in [-0.39, 0.29) is 0 Å². The summed E-state index contributed by atoms with van der Waals surface area (Å²) in [6.07, 6.45) is 9.64. The second-order valence-corrected chi connectivity index (χ2v) is 7.96. The van der Waals surface area contributed by atoms with Crippen LogP contribution in [0.4, 0.5) is 5.69 Å².